The molecule has 0 aliphatic carbocycles. The van der Waals surface area contributed by atoms with E-state index < -0.39 is 28.9 Å². The van der Waals surface area contributed by atoms with E-state index in [1.165, 1.54) is 18.2 Å². The van der Waals surface area contributed by atoms with Gasteiger partial charge in [0.2, 0.25) is 0 Å². The molecule has 8 nitrogen and oxygen atoms in total. The van der Waals surface area contributed by atoms with Crippen molar-refractivity contribution in [3.05, 3.63) is 69.8 Å². The average molecular weight is 414 g/mol. The van der Waals surface area contributed by atoms with Gasteiger partial charge in [0.15, 0.2) is 0 Å². The van der Waals surface area contributed by atoms with Gasteiger partial charge >= 0.3 is 5.97 Å². The summed E-state index contributed by atoms with van der Waals surface area (Å²) in [5, 5.41) is 13.7. The molecule has 0 heterocycles. The molecule has 0 aliphatic rings. The van der Waals surface area contributed by atoms with Gasteiger partial charge in [-0.05, 0) is 37.5 Å². The van der Waals surface area contributed by atoms with Crippen molar-refractivity contribution in [2.75, 3.05) is 6.61 Å². The molecule has 2 atom stereocenters. The Kier molecular flexibility index (Phi) is 7.91. The number of rotatable bonds is 9. The molecule has 160 valence electrons. The maximum Gasteiger partial charge on any atom is 0.329 e. The van der Waals surface area contributed by atoms with Crippen molar-refractivity contribution >= 4 is 17.6 Å². The van der Waals surface area contributed by atoms with Crippen LogP contribution in [0.25, 0.3) is 0 Å². The summed E-state index contributed by atoms with van der Waals surface area (Å²) in [6.45, 7) is 7.43. The number of non-ortho nitro benzene ring substituents is 1. The lowest BCUT2D eigenvalue weighted by Crippen LogP contribution is -2.45. The van der Waals surface area contributed by atoms with Gasteiger partial charge in [-0.25, -0.2) is 4.79 Å². The molecule has 8 heteroatoms. The predicted octanol–water partition coefficient (Wildman–Crippen LogP) is 4.05. The Labute approximate surface area is 175 Å². The lowest BCUT2D eigenvalue weighted by atomic mass is 10.0. The molecule has 0 unspecified atom stereocenters. The zero-order valence-corrected chi connectivity index (χ0v) is 17.5. The molecule has 0 aliphatic heterocycles. The van der Waals surface area contributed by atoms with Crippen molar-refractivity contribution < 1.29 is 24.0 Å². The molecular weight excluding hydrogens is 388 g/mol. The summed E-state index contributed by atoms with van der Waals surface area (Å²) in [5.41, 5.74) is 0.731. The first-order valence-corrected chi connectivity index (χ1v) is 9.72. The largest absolute Gasteiger partial charge is 0.493 e. The Morgan fingerprint density at radius 1 is 1.10 bits per heavy atom. The monoisotopic (exact) mass is 414 g/mol. The van der Waals surface area contributed by atoms with Gasteiger partial charge in [0.05, 0.1) is 17.1 Å². The number of hydrogen-bond acceptors (Lipinski definition) is 6. The van der Waals surface area contributed by atoms with Crippen LogP contribution in [0.5, 0.6) is 5.75 Å². The van der Waals surface area contributed by atoms with E-state index in [-0.39, 0.29) is 11.6 Å². The van der Waals surface area contributed by atoms with E-state index in [2.05, 4.69) is 5.32 Å². The van der Waals surface area contributed by atoms with Gasteiger partial charge in [0.1, 0.15) is 17.9 Å². The number of ether oxygens (including phenoxy) is 2. The highest BCUT2D eigenvalue weighted by Gasteiger charge is 2.29. The Morgan fingerprint density at radius 3 is 2.43 bits per heavy atom. The zero-order chi connectivity index (χ0) is 22.3. The van der Waals surface area contributed by atoms with Crippen molar-refractivity contribution in [3.8, 4) is 5.75 Å². The van der Waals surface area contributed by atoms with E-state index in [0.717, 1.165) is 0 Å². The number of amides is 1. The first-order valence-electron chi connectivity index (χ1n) is 9.72. The molecule has 0 spiro atoms. The number of nitro benzene ring substituents is 1. The Balaban J connectivity index is 2.14. The van der Waals surface area contributed by atoms with Gasteiger partial charge < -0.3 is 14.8 Å². The van der Waals surface area contributed by atoms with Gasteiger partial charge in [0.25, 0.3) is 11.6 Å². The minimum absolute atomic E-state index is 0.0864. The molecule has 1 amide bonds. The zero-order valence-electron chi connectivity index (χ0n) is 17.5. The van der Waals surface area contributed by atoms with Crippen LogP contribution in [0.4, 0.5) is 5.69 Å². The summed E-state index contributed by atoms with van der Waals surface area (Å²) in [4.78, 5) is 36.0. The molecule has 2 rings (SSSR count). The third-order valence-electron chi connectivity index (χ3n) is 4.48. The Morgan fingerprint density at radius 2 is 1.80 bits per heavy atom. The smallest absolute Gasteiger partial charge is 0.329 e. The van der Waals surface area contributed by atoms with Gasteiger partial charge in [-0.3, -0.25) is 14.9 Å². The minimum atomic E-state index is -0.895. The number of para-hydroxylation sites is 1. The summed E-state index contributed by atoms with van der Waals surface area (Å²) < 4.78 is 11.0. The van der Waals surface area contributed by atoms with Crippen LogP contribution in [-0.4, -0.2) is 29.4 Å². The van der Waals surface area contributed by atoms with Gasteiger partial charge in [-0.1, -0.05) is 38.1 Å². The molecule has 2 aromatic rings. The first-order chi connectivity index (χ1) is 14.2. The van der Waals surface area contributed by atoms with Crippen molar-refractivity contribution in [2.45, 2.75) is 39.8 Å². The number of carbonyl (C=O) groups excluding carboxylic acids is 2. The highest BCUT2D eigenvalue weighted by Crippen LogP contribution is 2.23. The van der Waals surface area contributed by atoms with Crippen LogP contribution in [0.15, 0.2) is 48.5 Å². The lowest BCUT2D eigenvalue weighted by Gasteiger charge is -2.23. The van der Waals surface area contributed by atoms with Crippen molar-refractivity contribution in [1.82, 2.24) is 5.32 Å². The molecule has 0 saturated heterocycles. The number of nitrogens with one attached hydrogen (secondary N) is 1. The van der Waals surface area contributed by atoms with Crippen LogP contribution < -0.4 is 10.1 Å². The van der Waals surface area contributed by atoms with Gasteiger partial charge in [0, 0.05) is 12.1 Å². The van der Waals surface area contributed by atoms with Crippen LogP contribution in [-0.2, 0) is 9.53 Å². The number of carbonyl (C=O) groups is 2. The minimum Gasteiger partial charge on any atom is -0.493 e. The molecule has 30 heavy (non-hydrogen) atoms. The van der Waals surface area contributed by atoms with E-state index in [1.54, 1.807) is 51.1 Å². The third kappa shape index (κ3) is 5.79. The maximum absolute atomic E-state index is 12.8. The first kappa shape index (κ1) is 22.9. The summed E-state index contributed by atoms with van der Waals surface area (Å²) in [5.74, 6) is -0.875. The van der Waals surface area contributed by atoms with Crippen molar-refractivity contribution in [2.24, 2.45) is 5.92 Å². The second-order valence-corrected chi connectivity index (χ2v) is 7.06. The van der Waals surface area contributed by atoms with Crippen LogP contribution in [0.2, 0.25) is 0 Å². The molecule has 0 bridgehead atoms. The molecule has 2 aromatic carbocycles. The average Bonchev–Trinajstić information content (AvgIpc) is 2.72. The quantitative estimate of drug-likeness (QED) is 0.377. The van der Waals surface area contributed by atoms with Gasteiger partial charge in [-0.15, -0.1) is 0 Å². The van der Waals surface area contributed by atoms with E-state index in [9.17, 15) is 19.7 Å². The van der Waals surface area contributed by atoms with E-state index in [1.807, 2.05) is 6.92 Å². The summed E-state index contributed by atoms with van der Waals surface area (Å²) in [6.07, 6.45) is -0.716. The van der Waals surface area contributed by atoms with Crippen molar-refractivity contribution in [3.63, 3.8) is 0 Å². The number of hydrogen-bond donors (Lipinski definition) is 1. The highest BCUT2D eigenvalue weighted by atomic mass is 16.6. The number of nitro groups is 1. The maximum atomic E-state index is 12.8. The Hall–Kier alpha value is -3.42. The summed E-state index contributed by atoms with van der Waals surface area (Å²) in [6, 6.07) is 11.8. The fraction of sp³-hybridized carbons (Fsp3) is 0.364. The third-order valence-corrected chi connectivity index (χ3v) is 4.48. The number of benzene rings is 2. The fourth-order valence-electron chi connectivity index (χ4n) is 2.86. The highest BCUT2D eigenvalue weighted by molar-refractivity contribution is 5.99. The van der Waals surface area contributed by atoms with E-state index >= 15 is 0 Å². The molecule has 0 fully saturated rings. The molecule has 0 radical (unpaired) electrons. The van der Waals surface area contributed by atoms with Crippen LogP contribution in [0.1, 0.15) is 49.7 Å². The predicted molar refractivity (Wildman–Crippen MR) is 111 cm³/mol. The molecule has 1 N–H and O–H groups in total. The van der Waals surface area contributed by atoms with Crippen LogP contribution in [0, 0.1) is 16.0 Å². The fourth-order valence-corrected chi connectivity index (χ4v) is 2.86. The topological polar surface area (TPSA) is 108 Å². The second kappa shape index (κ2) is 10.4. The standard InChI is InChI=1S/C22H26N2O6/c1-5-29-19-12-7-6-11-18(19)21(25)23-20(14(2)3)22(26)30-15(4)16-9-8-10-17(13-16)24(27)28/h6-15,20H,5H2,1-4H3,(H,23,25)/t15-,20-/m0/s1. The van der Waals surface area contributed by atoms with Gasteiger partial charge in [-0.2, -0.15) is 0 Å². The lowest BCUT2D eigenvalue weighted by molar-refractivity contribution is -0.385. The van der Waals surface area contributed by atoms with E-state index in [4.69, 9.17) is 9.47 Å². The van der Waals surface area contributed by atoms with Crippen molar-refractivity contribution in [1.29, 1.82) is 0 Å². The second-order valence-electron chi connectivity index (χ2n) is 7.06. The van der Waals surface area contributed by atoms with Crippen LogP contribution in [0.3, 0.4) is 0 Å². The summed E-state index contributed by atoms with van der Waals surface area (Å²) >= 11 is 0. The molecule has 0 saturated carbocycles. The van der Waals surface area contributed by atoms with Crippen LogP contribution >= 0.6 is 0 Å². The normalized spacial score (nSPS) is 12.7. The Bertz CT molecular complexity index is 912. The van der Waals surface area contributed by atoms with E-state index in [0.29, 0.717) is 23.5 Å². The number of nitrogens with zero attached hydrogens (tertiary/aromatic N) is 1. The molecule has 0 aromatic heterocycles. The SMILES string of the molecule is CCOc1ccccc1C(=O)N[C@H](C(=O)O[C@@H](C)c1cccc([N+](=O)[O-])c1)C(C)C. The summed E-state index contributed by atoms with van der Waals surface area (Å²) in [7, 11) is 0. The molecular formula is C22H26N2O6. The number of esters is 1.